The molecule has 1 heterocycles. The van der Waals surface area contributed by atoms with Crippen molar-refractivity contribution in [3.63, 3.8) is 0 Å². The molecule has 0 saturated heterocycles. The van der Waals surface area contributed by atoms with E-state index in [-0.39, 0.29) is 22.3 Å². The number of ether oxygens (including phenoxy) is 3. The molecule has 1 aromatic heterocycles. The van der Waals surface area contributed by atoms with Gasteiger partial charge in [-0.2, -0.15) is 4.90 Å². The maximum Gasteiger partial charge on any atom is 0.424 e. The molecule has 0 atom stereocenters. The fraction of sp³-hybridized carbons (Fsp3) is 0.381. The van der Waals surface area contributed by atoms with Gasteiger partial charge in [0.25, 0.3) is 0 Å². The summed E-state index contributed by atoms with van der Waals surface area (Å²) in [5.74, 6) is -1.32. The number of para-hydroxylation sites is 1. The number of halogens is 3. The third-order valence-electron chi connectivity index (χ3n) is 3.31. The molecule has 0 spiro atoms. The molecule has 0 unspecified atom stereocenters. The normalized spacial score (nSPS) is 11.6. The van der Waals surface area contributed by atoms with Crippen molar-refractivity contribution in [3.8, 4) is 11.6 Å². The maximum atomic E-state index is 14.3. The molecule has 10 heteroatoms. The van der Waals surface area contributed by atoms with Crippen LogP contribution in [0.5, 0.6) is 11.6 Å². The van der Waals surface area contributed by atoms with Crippen LogP contribution in [0.3, 0.4) is 0 Å². The Morgan fingerprint density at radius 1 is 1.06 bits per heavy atom. The van der Waals surface area contributed by atoms with E-state index in [0.717, 1.165) is 6.07 Å². The van der Waals surface area contributed by atoms with Gasteiger partial charge in [-0.15, -0.1) is 0 Å². The van der Waals surface area contributed by atoms with E-state index in [4.69, 9.17) is 25.8 Å². The molecule has 0 bridgehead atoms. The number of rotatable bonds is 3. The van der Waals surface area contributed by atoms with Gasteiger partial charge in [0, 0.05) is 10.7 Å². The van der Waals surface area contributed by atoms with Gasteiger partial charge in [-0.1, -0.05) is 17.7 Å². The lowest BCUT2D eigenvalue weighted by Crippen LogP contribution is -2.44. The number of imide groups is 1. The third kappa shape index (κ3) is 7.07. The zero-order chi connectivity index (χ0) is 23.6. The van der Waals surface area contributed by atoms with Gasteiger partial charge in [0.1, 0.15) is 16.9 Å². The van der Waals surface area contributed by atoms with Crippen molar-refractivity contribution in [1.29, 1.82) is 0 Å². The predicted molar refractivity (Wildman–Crippen MR) is 118 cm³/mol. The summed E-state index contributed by atoms with van der Waals surface area (Å²) in [6, 6.07) is 5.39. The Bertz CT molecular complexity index is 940. The Hall–Kier alpha value is -2.39. The molecule has 7 nitrogen and oxygen atoms in total. The SMILES string of the molecule is CC(C)(C)OC(=O)N(C(=O)OC(C)(C)C)c1cc(Br)cnc1Oc1c(F)cccc1Cl. The van der Waals surface area contributed by atoms with E-state index >= 15 is 0 Å². The van der Waals surface area contributed by atoms with Crippen molar-refractivity contribution in [1.82, 2.24) is 4.98 Å². The van der Waals surface area contributed by atoms with Crippen LogP contribution in [-0.4, -0.2) is 28.4 Å². The molecular weight excluding hydrogens is 495 g/mol. The van der Waals surface area contributed by atoms with E-state index in [1.165, 1.54) is 24.4 Å². The van der Waals surface area contributed by atoms with E-state index in [1.54, 1.807) is 41.5 Å². The van der Waals surface area contributed by atoms with Crippen molar-refractivity contribution in [2.45, 2.75) is 52.7 Å². The van der Waals surface area contributed by atoms with Crippen molar-refractivity contribution < 1.29 is 28.2 Å². The van der Waals surface area contributed by atoms with E-state index in [9.17, 15) is 14.0 Å². The number of carbonyl (C=O) groups excluding carboxylic acids is 2. The van der Waals surface area contributed by atoms with Gasteiger partial charge in [0.15, 0.2) is 11.6 Å². The smallest absolute Gasteiger partial charge is 0.424 e. The zero-order valence-electron chi connectivity index (χ0n) is 18.0. The molecule has 2 aromatic rings. The highest BCUT2D eigenvalue weighted by Crippen LogP contribution is 2.38. The van der Waals surface area contributed by atoms with Crippen LogP contribution >= 0.6 is 27.5 Å². The summed E-state index contributed by atoms with van der Waals surface area (Å²) < 4.78 is 31.0. The summed E-state index contributed by atoms with van der Waals surface area (Å²) in [5, 5.41) is -0.0169. The molecule has 0 radical (unpaired) electrons. The van der Waals surface area contributed by atoms with Crippen LogP contribution in [0, 0.1) is 5.82 Å². The number of hydrogen-bond acceptors (Lipinski definition) is 6. The first kappa shape index (κ1) is 24.9. The summed E-state index contributed by atoms with van der Waals surface area (Å²) in [4.78, 5) is 30.6. The molecular formula is C21H23BrClFN2O5. The van der Waals surface area contributed by atoms with E-state index in [2.05, 4.69) is 20.9 Å². The minimum Gasteiger partial charge on any atom is -0.443 e. The van der Waals surface area contributed by atoms with Gasteiger partial charge in [-0.05, 0) is 75.7 Å². The van der Waals surface area contributed by atoms with Gasteiger partial charge in [0.2, 0.25) is 5.88 Å². The highest BCUT2D eigenvalue weighted by molar-refractivity contribution is 9.10. The number of pyridine rings is 1. The third-order valence-corrected chi connectivity index (χ3v) is 4.04. The first-order valence-electron chi connectivity index (χ1n) is 9.21. The fourth-order valence-electron chi connectivity index (χ4n) is 2.22. The Kier molecular flexibility index (Phi) is 7.54. The average molecular weight is 518 g/mol. The number of nitrogens with zero attached hydrogens (tertiary/aromatic N) is 2. The molecule has 0 fully saturated rings. The standard InChI is InChI=1S/C21H23BrClFN2O5/c1-20(2,3)30-18(27)26(19(28)31-21(4,5)6)15-10-12(22)11-25-17(15)29-16-13(23)8-7-9-14(16)24/h7-11H,1-6H3. The van der Waals surface area contributed by atoms with E-state index in [1.807, 2.05) is 0 Å². The Morgan fingerprint density at radius 2 is 1.61 bits per heavy atom. The van der Waals surface area contributed by atoms with Crippen LogP contribution in [-0.2, 0) is 9.47 Å². The average Bonchev–Trinajstić information content (AvgIpc) is 2.57. The van der Waals surface area contributed by atoms with Crippen LogP contribution in [0.1, 0.15) is 41.5 Å². The second kappa shape index (κ2) is 9.40. The molecule has 2 rings (SSSR count). The Labute approximate surface area is 193 Å². The van der Waals surface area contributed by atoms with Gasteiger partial charge in [0.05, 0.1) is 5.02 Å². The quantitative estimate of drug-likeness (QED) is 0.432. The monoisotopic (exact) mass is 516 g/mol. The lowest BCUT2D eigenvalue weighted by Gasteiger charge is -2.29. The van der Waals surface area contributed by atoms with Crippen LogP contribution < -0.4 is 9.64 Å². The lowest BCUT2D eigenvalue weighted by atomic mass is 10.2. The first-order chi connectivity index (χ1) is 14.2. The van der Waals surface area contributed by atoms with Gasteiger partial charge in [-0.25, -0.2) is 19.0 Å². The zero-order valence-corrected chi connectivity index (χ0v) is 20.3. The van der Waals surface area contributed by atoms with Crippen molar-refractivity contribution >= 4 is 45.4 Å². The topological polar surface area (TPSA) is 78.0 Å². The molecule has 0 saturated carbocycles. The first-order valence-corrected chi connectivity index (χ1v) is 10.4. The van der Waals surface area contributed by atoms with Crippen molar-refractivity contribution in [2.75, 3.05) is 4.90 Å². The second-order valence-corrected chi connectivity index (χ2v) is 9.75. The van der Waals surface area contributed by atoms with Crippen molar-refractivity contribution in [2.24, 2.45) is 0 Å². The minimum atomic E-state index is -1.02. The van der Waals surface area contributed by atoms with Crippen LogP contribution in [0.25, 0.3) is 0 Å². The predicted octanol–water partition coefficient (Wildman–Crippen LogP) is 7.11. The van der Waals surface area contributed by atoms with Crippen LogP contribution in [0.15, 0.2) is 34.9 Å². The number of aromatic nitrogens is 1. The molecule has 0 aliphatic rings. The number of anilines is 1. The largest absolute Gasteiger partial charge is 0.443 e. The maximum absolute atomic E-state index is 14.3. The summed E-state index contributed by atoms with van der Waals surface area (Å²) in [5.41, 5.74) is -1.95. The Balaban J connectivity index is 2.60. The molecule has 1 aromatic carbocycles. The van der Waals surface area contributed by atoms with Crippen LogP contribution in [0.2, 0.25) is 5.02 Å². The summed E-state index contributed by atoms with van der Waals surface area (Å²) in [6.45, 7) is 9.88. The lowest BCUT2D eigenvalue weighted by molar-refractivity contribution is 0.0429. The highest BCUT2D eigenvalue weighted by atomic mass is 79.9. The highest BCUT2D eigenvalue weighted by Gasteiger charge is 2.35. The summed E-state index contributed by atoms with van der Waals surface area (Å²) in [6.07, 6.45) is -0.687. The van der Waals surface area contributed by atoms with Gasteiger partial charge >= 0.3 is 12.2 Å². The second-order valence-electron chi connectivity index (χ2n) is 8.43. The number of benzene rings is 1. The number of hydrogen-bond donors (Lipinski definition) is 0. The van der Waals surface area contributed by atoms with E-state index in [0.29, 0.717) is 9.37 Å². The summed E-state index contributed by atoms with van der Waals surface area (Å²) in [7, 11) is 0. The van der Waals surface area contributed by atoms with E-state index < -0.39 is 29.2 Å². The molecule has 0 aliphatic heterocycles. The van der Waals surface area contributed by atoms with Gasteiger partial charge in [-0.3, -0.25) is 0 Å². The van der Waals surface area contributed by atoms with Gasteiger partial charge < -0.3 is 14.2 Å². The molecule has 0 aliphatic carbocycles. The fourth-order valence-corrected chi connectivity index (χ4v) is 2.74. The van der Waals surface area contributed by atoms with Crippen molar-refractivity contribution in [3.05, 3.63) is 45.8 Å². The Morgan fingerprint density at radius 3 is 2.10 bits per heavy atom. The van der Waals surface area contributed by atoms with Crippen LogP contribution in [0.4, 0.5) is 19.7 Å². The number of carbonyl (C=O) groups is 2. The molecule has 31 heavy (non-hydrogen) atoms. The minimum absolute atomic E-state index is 0.0169. The number of amides is 2. The summed E-state index contributed by atoms with van der Waals surface area (Å²) >= 11 is 9.29. The molecule has 0 N–H and O–H groups in total. The molecule has 2 amide bonds. The molecule has 168 valence electrons.